The van der Waals surface area contributed by atoms with E-state index in [4.69, 9.17) is 0 Å². The number of carbonyl (C=O) groups excluding carboxylic acids is 2. The zero-order valence-corrected chi connectivity index (χ0v) is 21.5. The van der Waals surface area contributed by atoms with Crippen molar-refractivity contribution in [1.29, 1.82) is 0 Å². The lowest BCUT2D eigenvalue weighted by molar-refractivity contribution is 0.0980. The summed E-state index contributed by atoms with van der Waals surface area (Å²) in [5, 5.41) is 0.512. The predicted octanol–water partition coefficient (Wildman–Crippen LogP) is 4.31. The number of carbonyl (C=O) groups is 2. The summed E-state index contributed by atoms with van der Waals surface area (Å²) >= 11 is 1.29. The summed E-state index contributed by atoms with van der Waals surface area (Å²) in [6.07, 6.45) is 1.17. The Bertz CT molecular complexity index is 1240. The second-order valence-corrected chi connectivity index (χ2v) is 10.5. The number of thiazole rings is 1. The molecule has 1 aromatic heterocycles. The summed E-state index contributed by atoms with van der Waals surface area (Å²) in [5.74, 6) is -0.273. The van der Waals surface area contributed by atoms with Crippen LogP contribution in [0, 0.1) is 0 Å². The lowest BCUT2D eigenvalue weighted by Crippen LogP contribution is -2.38. The van der Waals surface area contributed by atoms with Gasteiger partial charge in [-0.3, -0.25) is 14.5 Å². The first-order valence-electron chi connectivity index (χ1n) is 10.4. The van der Waals surface area contributed by atoms with E-state index in [1.807, 2.05) is 0 Å². The van der Waals surface area contributed by atoms with Crippen molar-refractivity contribution < 1.29 is 18.0 Å². The fourth-order valence-electron chi connectivity index (χ4n) is 3.31. The first-order valence-corrected chi connectivity index (χ1v) is 13.1. The van der Waals surface area contributed by atoms with Gasteiger partial charge in [0.15, 0.2) is 20.8 Å². The quantitative estimate of drug-likeness (QED) is 0.399. The highest BCUT2D eigenvalue weighted by atomic mass is 35.5. The van der Waals surface area contributed by atoms with Crippen molar-refractivity contribution in [2.24, 2.45) is 0 Å². The van der Waals surface area contributed by atoms with Gasteiger partial charge in [0.25, 0.3) is 5.91 Å². The minimum atomic E-state index is -3.34. The topological polar surface area (TPSA) is 87.7 Å². The molecule has 2 aromatic carbocycles. The summed E-state index contributed by atoms with van der Waals surface area (Å²) < 4.78 is 24.5. The van der Waals surface area contributed by atoms with E-state index in [1.165, 1.54) is 30.6 Å². The average Bonchev–Trinajstić information content (AvgIpc) is 3.19. The Hall–Kier alpha value is -2.33. The first kappa shape index (κ1) is 26.9. The van der Waals surface area contributed by atoms with Crippen LogP contribution in [0.1, 0.15) is 41.5 Å². The van der Waals surface area contributed by atoms with E-state index in [0.717, 1.165) is 13.1 Å². The van der Waals surface area contributed by atoms with Gasteiger partial charge in [0.1, 0.15) is 0 Å². The number of hydrogen-bond acceptors (Lipinski definition) is 7. The number of hydrogen-bond donors (Lipinski definition) is 0. The summed E-state index contributed by atoms with van der Waals surface area (Å²) in [6.45, 7) is 8.47. The van der Waals surface area contributed by atoms with Crippen LogP contribution in [0.15, 0.2) is 47.4 Å². The molecule has 3 rings (SSSR count). The lowest BCUT2D eigenvalue weighted by Gasteiger charge is -2.24. The van der Waals surface area contributed by atoms with Crippen molar-refractivity contribution in [2.75, 3.05) is 37.3 Å². The molecule has 0 saturated carbocycles. The molecule has 10 heteroatoms. The van der Waals surface area contributed by atoms with Gasteiger partial charge >= 0.3 is 0 Å². The number of Topliss-reactive ketones (excluding diaryl/α,β-unsaturated/α-hetero) is 1. The standard InChI is InChI=1S/C23H27N3O4S2.ClH/c1-5-25(6-2)13-14-26(22(28)18-9-7-17(8-10-18)16(3)27)23-24-20-12-11-19(32(4,29)30)15-21(20)31-23;/h7-12,15H,5-6,13-14H2,1-4H3;1H. The van der Waals surface area contributed by atoms with Gasteiger partial charge in [0.05, 0.1) is 15.1 Å². The Kier molecular flexibility index (Phi) is 9.13. The Morgan fingerprint density at radius 1 is 0.970 bits per heavy atom. The Morgan fingerprint density at radius 2 is 1.58 bits per heavy atom. The van der Waals surface area contributed by atoms with Gasteiger partial charge in [-0.25, -0.2) is 13.4 Å². The van der Waals surface area contributed by atoms with Gasteiger partial charge in [-0.15, -0.1) is 12.4 Å². The van der Waals surface area contributed by atoms with E-state index in [1.54, 1.807) is 41.3 Å². The monoisotopic (exact) mass is 509 g/mol. The molecule has 0 aliphatic carbocycles. The number of ketones is 1. The van der Waals surface area contributed by atoms with Crippen molar-refractivity contribution in [1.82, 2.24) is 9.88 Å². The number of sulfone groups is 1. The second-order valence-electron chi connectivity index (χ2n) is 7.52. The van der Waals surface area contributed by atoms with Gasteiger partial charge < -0.3 is 4.90 Å². The zero-order chi connectivity index (χ0) is 23.5. The molecule has 0 radical (unpaired) electrons. The van der Waals surface area contributed by atoms with Crippen LogP contribution in [0.2, 0.25) is 0 Å². The summed E-state index contributed by atoms with van der Waals surface area (Å²) in [5.41, 5.74) is 1.65. The minimum Gasteiger partial charge on any atom is -0.302 e. The van der Waals surface area contributed by atoms with E-state index in [2.05, 4.69) is 23.7 Å². The maximum atomic E-state index is 13.4. The lowest BCUT2D eigenvalue weighted by atomic mass is 10.1. The van der Waals surface area contributed by atoms with Crippen LogP contribution in [0.3, 0.4) is 0 Å². The Labute approximate surface area is 204 Å². The number of rotatable bonds is 9. The molecule has 1 heterocycles. The predicted molar refractivity (Wildman–Crippen MR) is 136 cm³/mol. The van der Waals surface area contributed by atoms with Crippen LogP contribution in [0.5, 0.6) is 0 Å². The van der Waals surface area contributed by atoms with E-state index in [9.17, 15) is 18.0 Å². The number of fused-ring (bicyclic) bond motifs is 1. The molecule has 0 spiro atoms. The van der Waals surface area contributed by atoms with Gasteiger partial charge in [-0.05, 0) is 50.3 Å². The molecule has 0 aliphatic heterocycles. The van der Waals surface area contributed by atoms with Crippen LogP contribution < -0.4 is 4.90 Å². The molecular weight excluding hydrogens is 482 g/mol. The highest BCUT2D eigenvalue weighted by molar-refractivity contribution is 7.90. The van der Waals surface area contributed by atoms with E-state index < -0.39 is 9.84 Å². The number of anilines is 1. The van der Waals surface area contributed by atoms with Crippen molar-refractivity contribution in [2.45, 2.75) is 25.7 Å². The van der Waals surface area contributed by atoms with E-state index in [-0.39, 0.29) is 29.0 Å². The maximum absolute atomic E-state index is 13.4. The summed E-state index contributed by atoms with van der Waals surface area (Å²) in [4.78, 5) is 33.7. The third-order valence-corrected chi connectivity index (χ3v) is 7.48. The molecule has 0 N–H and O–H groups in total. The first-order chi connectivity index (χ1) is 15.1. The number of nitrogens with zero attached hydrogens (tertiary/aromatic N) is 3. The SMILES string of the molecule is CCN(CC)CCN(C(=O)c1ccc(C(C)=O)cc1)c1nc2ccc(S(C)(=O)=O)cc2s1.Cl. The molecule has 0 atom stereocenters. The third-order valence-electron chi connectivity index (χ3n) is 5.33. The van der Waals surface area contributed by atoms with Crippen LogP contribution >= 0.6 is 23.7 Å². The van der Waals surface area contributed by atoms with Gasteiger partial charge in [-0.1, -0.05) is 37.3 Å². The fourth-order valence-corrected chi connectivity index (χ4v) is 5.06. The minimum absolute atomic E-state index is 0. The van der Waals surface area contributed by atoms with Crippen molar-refractivity contribution in [3.63, 3.8) is 0 Å². The number of likely N-dealkylation sites (N-methyl/N-ethyl adjacent to an activating group) is 1. The smallest absolute Gasteiger partial charge is 0.260 e. The summed E-state index contributed by atoms with van der Waals surface area (Å²) in [6, 6.07) is 11.4. The molecular formula is C23H28ClN3O4S2. The van der Waals surface area contributed by atoms with E-state index >= 15 is 0 Å². The molecule has 0 fully saturated rings. The van der Waals surface area contributed by atoms with Crippen LogP contribution in [0.25, 0.3) is 10.2 Å². The fraction of sp³-hybridized carbons (Fsp3) is 0.348. The highest BCUT2D eigenvalue weighted by Gasteiger charge is 2.22. The molecule has 33 heavy (non-hydrogen) atoms. The molecule has 0 saturated heterocycles. The molecule has 0 bridgehead atoms. The average molecular weight is 510 g/mol. The summed E-state index contributed by atoms with van der Waals surface area (Å²) in [7, 11) is -3.34. The molecule has 7 nitrogen and oxygen atoms in total. The van der Waals surface area contributed by atoms with Crippen molar-refractivity contribution in [3.05, 3.63) is 53.6 Å². The van der Waals surface area contributed by atoms with Crippen molar-refractivity contribution in [3.8, 4) is 0 Å². The van der Waals surface area contributed by atoms with Gasteiger partial charge in [-0.2, -0.15) is 0 Å². The molecule has 0 unspecified atom stereocenters. The largest absolute Gasteiger partial charge is 0.302 e. The Morgan fingerprint density at radius 3 is 2.12 bits per heavy atom. The van der Waals surface area contributed by atoms with Gasteiger partial charge in [0.2, 0.25) is 0 Å². The van der Waals surface area contributed by atoms with Crippen LogP contribution in [-0.2, 0) is 9.84 Å². The Balaban J connectivity index is 0.00000385. The normalized spacial score (nSPS) is 11.4. The van der Waals surface area contributed by atoms with E-state index in [0.29, 0.717) is 39.6 Å². The molecule has 3 aromatic rings. The molecule has 178 valence electrons. The van der Waals surface area contributed by atoms with Crippen LogP contribution in [-0.4, -0.2) is 62.4 Å². The van der Waals surface area contributed by atoms with Gasteiger partial charge in [0, 0.05) is 30.5 Å². The molecule has 1 amide bonds. The zero-order valence-electron chi connectivity index (χ0n) is 19.1. The maximum Gasteiger partial charge on any atom is 0.260 e. The second kappa shape index (κ2) is 11.2. The number of halogens is 1. The number of aromatic nitrogens is 1. The number of benzene rings is 2. The van der Waals surface area contributed by atoms with Crippen LogP contribution in [0.4, 0.5) is 5.13 Å². The third kappa shape index (κ3) is 6.38. The van der Waals surface area contributed by atoms with Crippen molar-refractivity contribution >= 4 is 60.6 Å². The molecule has 0 aliphatic rings. The highest BCUT2D eigenvalue weighted by Crippen LogP contribution is 2.31. The number of amides is 1.